The zero-order valence-corrected chi connectivity index (χ0v) is 13.7. The molecule has 0 spiro atoms. The molecule has 0 bridgehead atoms. The van der Waals surface area contributed by atoms with E-state index in [4.69, 9.17) is 0 Å². The zero-order valence-electron chi connectivity index (χ0n) is 13.7. The van der Waals surface area contributed by atoms with Gasteiger partial charge in [0.15, 0.2) is 0 Å². The van der Waals surface area contributed by atoms with Gasteiger partial charge in [-0.1, -0.05) is 44.5 Å². The molecule has 1 aliphatic rings. The highest BCUT2D eigenvalue weighted by Gasteiger charge is 2.42. The molecule has 1 fully saturated rings. The quantitative estimate of drug-likeness (QED) is 0.742. The van der Waals surface area contributed by atoms with E-state index in [0.717, 1.165) is 12.8 Å². The number of phenolic OH excluding ortho intramolecular Hbond substituents is 1. The number of nitroso groups, excluding NO2 is 1. The summed E-state index contributed by atoms with van der Waals surface area (Å²) >= 11 is 0. The third-order valence-electron chi connectivity index (χ3n) is 5.18. The van der Waals surface area contributed by atoms with Gasteiger partial charge in [0, 0.05) is 5.41 Å². The number of benzene rings is 2. The van der Waals surface area contributed by atoms with E-state index in [1.807, 2.05) is 24.3 Å². The van der Waals surface area contributed by atoms with E-state index in [1.165, 1.54) is 24.0 Å². The van der Waals surface area contributed by atoms with E-state index in [-0.39, 0.29) is 10.8 Å². The van der Waals surface area contributed by atoms with Crippen molar-refractivity contribution >= 4 is 5.69 Å². The summed E-state index contributed by atoms with van der Waals surface area (Å²) in [4.78, 5) is 10.7. The fourth-order valence-corrected chi connectivity index (χ4v) is 4.14. The SMILES string of the molecule is CC1(C)CCCC(c2ccc(O)cc2)(c2ccc(N=O)cc2)C1. The molecule has 1 unspecified atom stereocenters. The smallest absolute Gasteiger partial charge is 0.115 e. The number of rotatable bonds is 3. The van der Waals surface area contributed by atoms with Crippen LogP contribution in [-0.2, 0) is 5.41 Å². The Labute approximate surface area is 137 Å². The van der Waals surface area contributed by atoms with Crippen molar-refractivity contribution in [2.45, 2.75) is 44.9 Å². The van der Waals surface area contributed by atoms with Crippen LogP contribution in [0.1, 0.15) is 50.7 Å². The van der Waals surface area contributed by atoms with Crippen molar-refractivity contribution in [1.82, 2.24) is 0 Å². The van der Waals surface area contributed by atoms with Gasteiger partial charge in [0.25, 0.3) is 0 Å². The molecular formula is C20H23NO2. The number of hydrogen-bond donors (Lipinski definition) is 1. The summed E-state index contributed by atoms with van der Waals surface area (Å²) in [6.07, 6.45) is 4.52. The molecule has 2 aromatic rings. The summed E-state index contributed by atoms with van der Waals surface area (Å²) < 4.78 is 0. The van der Waals surface area contributed by atoms with Gasteiger partial charge < -0.3 is 5.11 Å². The van der Waals surface area contributed by atoms with Crippen LogP contribution in [-0.4, -0.2) is 5.11 Å². The number of hydrogen-bond acceptors (Lipinski definition) is 3. The predicted octanol–water partition coefficient (Wildman–Crippen LogP) is 5.68. The van der Waals surface area contributed by atoms with Crippen molar-refractivity contribution in [3.05, 3.63) is 64.6 Å². The molecule has 0 saturated heterocycles. The van der Waals surface area contributed by atoms with Crippen LogP contribution in [0.2, 0.25) is 0 Å². The van der Waals surface area contributed by atoms with Crippen molar-refractivity contribution in [3.63, 3.8) is 0 Å². The summed E-state index contributed by atoms with van der Waals surface area (Å²) in [6, 6.07) is 15.2. The molecule has 0 heterocycles. The summed E-state index contributed by atoms with van der Waals surface area (Å²) in [7, 11) is 0. The van der Waals surface area contributed by atoms with Gasteiger partial charge in [-0.15, -0.1) is 4.91 Å². The maximum absolute atomic E-state index is 10.7. The first kappa shape index (κ1) is 15.7. The normalized spacial score (nSPS) is 23.4. The van der Waals surface area contributed by atoms with Crippen molar-refractivity contribution < 1.29 is 5.11 Å². The van der Waals surface area contributed by atoms with Crippen LogP contribution in [0.4, 0.5) is 5.69 Å². The standard InChI is InChI=1S/C20H23NO2/c1-19(2)12-3-13-20(14-19,16-6-10-18(22)11-7-16)15-4-8-17(21-23)9-5-15/h4-11,22H,3,12-14H2,1-2H3. The molecule has 0 aliphatic heterocycles. The Bertz CT molecular complexity index is 689. The summed E-state index contributed by atoms with van der Waals surface area (Å²) in [5, 5.41) is 12.6. The monoisotopic (exact) mass is 309 g/mol. The molecule has 23 heavy (non-hydrogen) atoms. The Morgan fingerprint density at radius 1 is 0.913 bits per heavy atom. The molecule has 0 amide bonds. The van der Waals surface area contributed by atoms with Gasteiger partial charge in [-0.3, -0.25) is 0 Å². The highest BCUT2D eigenvalue weighted by atomic mass is 16.3. The van der Waals surface area contributed by atoms with Gasteiger partial charge in [0.05, 0.1) is 0 Å². The molecule has 1 aliphatic carbocycles. The van der Waals surface area contributed by atoms with Crippen molar-refractivity contribution in [2.24, 2.45) is 10.6 Å². The molecule has 0 aromatic heterocycles. The summed E-state index contributed by atoms with van der Waals surface area (Å²) in [5.41, 5.74) is 3.11. The molecular weight excluding hydrogens is 286 g/mol. The number of phenols is 1. The maximum Gasteiger partial charge on any atom is 0.115 e. The highest BCUT2D eigenvalue weighted by molar-refractivity contribution is 5.47. The van der Waals surface area contributed by atoms with Crippen LogP contribution < -0.4 is 0 Å². The van der Waals surface area contributed by atoms with Crippen molar-refractivity contribution in [2.75, 3.05) is 0 Å². The van der Waals surface area contributed by atoms with E-state index in [0.29, 0.717) is 11.4 Å². The van der Waals surface area contributed by atoms with E-state index in [2.05, 4.69) is 19.0 Å². The van der Waals surface area contributed by atoms with Gasteiger partial charge in [-0.05, 0) is 65.2 Å². The van der Waals surface area contributed by atoms with Crippen LogP contribution in [0.5, 0.6) is 5.75 Å². The van der Waals surface area contributed by atoms with E-state index in [9.17, 15) is 10.0 Å². The molecule has 1 saturated carbocycles. The Morgan fingerprint density at radius 3 is 2.00 bits per heavy atom. The molecule has 2 aromatic carbocycles. The third kappa shape index (κ3) is 3.00. The second kappa shape index (κ2) is 5.80. The second-order valence-electron chi connectivity index (χ2n) is 7.46. The minimum absolute atomic E-state index is 0.0726. The Hall–Kier alpha value is -2.16. The van der Waals surface area contributed by atoms with Crippen LogP contribution in [0.15, 0.2) is 53.7 Å². The summed E-state index contributed by atoms with van der Waals surface area (Å²) in [6.45, 7) is 4.64. The molecule has 3 heteroatoms. The fraction of sp³-hybridized carbons (Fsp3) is 0.400. The minimum Gasteiger partial charge on any atom is -0.508 e. The average Bonchev–Trinajstić information content (AvgIpc) is 2.54. The topological polar surface area (TPSA) is 49.7 Å². The van der Waals surface area contributed by atoms with Crippen LogP contribution >= 0.6 is 0 Å². The lowest BCUT2D eigenvalue weighted by atomic mass is 9.58. The Kier molecular flexibility index (Phi) is 3.97. The lowest BCUT2D eigenvalue weighted by Gasteiger charge is -2.46. The lowest BCUT2D eigenvalue weighted by molar-refractivity contribution is 0.173. The Morgan fingerprint density at radius 2 is 1.48 bits per heavy atom. The average molecular weight is 309 g/mol. The lowest BCUT2D eigenvalue weighted by Crippen LogP contribution is -2.37. The molecule has 3 rings (SSSR count). The zero-order chi connectivity index (χ0) is 16.5. The molecule has 3 nitrogen and oxygen atoms in total. The molecule has 0 radical (unpaired) electrons. The first-order valence-electron chi connectivity index (χ1n) is 8.19. The van der Waals surface area contributed by atoms with Crippen LogP contribution in [0, 0.1) is 10.3 Å². The number of aromatic hydroxyl groups is 1. The Balaban J connectivity index is 2.12. The first-order valence-corrected chi connectivity index (χ1v) is 8.19. The third-order valence-corrected chi connectivity index (χ3v) is 5.18. The highest BCUT2D eigenvalue weighted by Crippen LogP contribution is 2.51. The predicted molar refractivity (Wildman–Crippen MR) is 93.0 cm³/mol. The molecule has 1 atom stereocenters. The van der Waals surface area contributed by atoms with E-state index >= 15 is 0 Å². The van der Waals surface area contributed by atoms with Gasteiger partial charge in [-0.2, -0.15) is 0 Å². The molecule has 1 N–H and O–H groups in total. The first-order chi connectivity index (χ1) is 11.0. The fourth-order valence-electron chi connectivity index (χ4n) is 4.14. The van der Waals surface area contributed by atoms with Gasteiger partial charge in [0.2, 0.25) is 0 Å². The largest absolute Gasteiger partial charge is 0.508 e. The van der Waals surface area contributed by atoms with Crippen LogP contribution in [0.25, 0.3) is 0 Å². The van der Waals surface area contributed by atoms with Gasteiger partial charge in [0.1, 0.15) is 11.4 Å². The van der Waals surface area contributed by atoms with Gasteiger partial charge >= 0.3 is 0 Å². The second-order valence-corrected chi connectivity index (χ2v) is 7.46. The molecule has 120 valence electrons. The maximum atomic E-state index is 10.7. The minimum atomic E-state index is -0.0726. The van der Waals surface area contributed by atoms with E-state index < -0.39 is 0 Å². The number of nitrogens with zero attached hydrogens (tertiary/aromatic N) is 1. The summed E-state index contributed by atoms with van der Waals surface area (Å²) in [5.74, 6) is 0.291. The van der Waals surface area contributed by atoms with E-state index in [1.54, 1.807) is 24.3 Å². The van der Waals surface area contributed by atoms with Crippen molar-refractivity contribution in [1.29, 1.82) is 0 Å². The van der Waals surface area contributed by atoms with Crippen molar-refractivity contribution in [3.8, 4) is 5.75 Å². The van der Waals surface area contributed by atoms with Gasteiger partial charge in [-0.25, -0.2) is 0 Å². The van der Waals surface area contributed by atoms with Crippen LogP contribution in [0.3, 0.4) is 0 Å².